The summed E-state index contributed by atoms with van der Waals surface area (Å²) < 4.78 is 4.89. The number of rotatable bonds is 1. The summed E-state index contributed by atoms with van der Waals surface area (Å²) in [5.41, 5.74) is 1.59. The van der Waals surface area contributed by atoms with Crippen LogP contribution in [0.2, 0.25) is 0 Å². The molecule has 0 atom stereocenters. The molecule has 0 aromatic carbocycles. The second-order valence-corrected chi connectivity index (χ2v) is 3.82. The molecule has 0 saturated heterocycles. The molecule has 4 heteroatoms. The number of hydrogen-bond donors (Lipinski definition) is 0. The molecule has 2 radical (unpaired) electrons. The summed E-state index contributed by atoms with van der Waals surface area (Å²) in [7, 11) is 5.56. The highest BCUT2D eigenvalue weighted by molar-refractivity contribution is 8.02. The molecular weight excluding hydrogens is 183 g/mol. The Morgan fingerprint density at radius 1 is 1.62 bits per heavy atom. The van der Waals surface area contributed by atoms with E-state index in [9.17, 15) is 4.79 Å². The van der Waals surface area contributed by atoms with Crippen molar-refractivity contribution in [1.82, 2.24) is 0 Å². The molecule has 2 rings (SSSR count). The molecule has 0 unspecified atom stereocenters. The molecule has 0 spiro atoms. The molecule has 64 valence electrons. The standard InChI is InChI=1S/C9H7BO2S/c10-7-4-9(11)12-8(7)3-6-1-2-13-5-6/h3-5H,1-2H2/b8-3-. The number of allylic oxidation sites excluding steroid dienone is 3. The van der Waals surface area contributed by atoms with Gasteiger partial charge < -0.3 is 4.74 Å². The van der Waals surface area contributed by atoms with Crippen molar-refractivity contribution in [2.45, 2.75) is 6.42 Å². The SMILES string of the molecule is [B]C1=CC(=O)O/C1=C\C1=CSCC1. The summed E-state index contributed by atoms with van der Waals surface area (Å²) in [6.45, 7) is 0. The highest BCUT2D eigenvalue weighted by atomic mass is 32.2. The Hall–Kier alpha value is -0.895. The van der Waals surface area contributed by atoms with Crippen molar-refractivity contribution in [1.29, 1.82) is 0 Å². The lowest BCUT2D eigenvalue weighted by Crippen LogP contribution is -1.92. The van der Waals surface area contributed by atoms with E-state index in [0.717, 1.165) is 12.2 Å². The summed E-state index contributed by atoms with van der Waals surface area (Å²) in [5, 5.41) is 2.06. The normalized spacial score (nSPS) is 24.6. The van der Waals surface area contributed by atoms with Gasteiger partial charge in [-0.2, -0.15) is 0 Å². The van der Waals surface area contributed by atoms with Crippen LogP contribution in [0.3, 0.4) is 0 Å². The lowest BCUT2D eigenvalue weighted by atomic mass is 9.93. The van der Waals surface area contributed by atoms with Crippen LogP contribution < -0.4 is 0 Å². The van der Waals surface area contributed by atoms with Gasteiger partial charge in [0.1, 0.15) is 13.6 Å². The maximum Gasteiger partial charge on any atom is 0.335 e. The van der Waals surface area contributed by atoms with Crippen molar-refractivity contribution in [3.8, 4) is 0 Å². The maximum atomic E-state index is 10.8. The predicted octanol–water partition coefficient (Wildman–Crippen LogP) is 1.50. The van der Waals surface area contributed by atoms with Gasteiger partial charge in [-0.3, -0.25) is 0 Å². The molecule has 0 amide bonds. The molecule has 2 heterocycles. The van der Waals surface area contributed by atoms with E-state index in [1.165, 1.54) is 11.6 Å². The second kappa shape index (κ2) is 3.46. The molecule has 13 heavy (non-hydrogen) atoms. The average molecular weight is 190 g/mol. The largest absolute Gasteiger partial charge is 0.424 e. The summed E-state index contributed by atoms with van der Waals surface area (Å²) in [6, 6.07) is 0. The molecule has 0 fully saturated rings. The van der Waals surface area contributed by atoms with Gasteiger partial charge in [-0.25, -0.2) is 4.79 Å². The zero-order valence-corrected chi connectivity index (χ0v) is 7.76. The topological polar surface area (TPSA) is 26.3 Å². The number of carbonyl (C=O) groups excluding carboxylic acids is 1. The number of hydrogen-bond acceptors (Lipinski definition) is 3. The van der Waals surface area contributed by atoms with Crippen LogP contribution in [0.25, 0.3) is 0 Å². The molecule has 2 aliphatic rings. The van der Waals surface area contributed by atoms with Crippen molar-refractivity contribution >= 4 is 25.6 Å². The molecule has 0 aromatic rings. The zero-order chi connectivity index (χ0) is 9.26. The highest BCUT2D eigenvalue weighted by Gasteiger charge is 2.16. The van der Waals surface area contributed by atoms with Crippen LogP contribution in [0.4, 0.5) is 0 Å². The third-order valence-electron chi connectivity index (χ3n) is 1.83. The third-order valence-corrected chi connectivity index (χ3v) is 2.74. The first-order valence-electron chi connectivity index (χ1n) is 3.97. The quantitative estimate of drug-likeness (QED) is 0.463. The molecule has 0 aliphatic carbocycles. The van der Waals surface area contributed by atoms with Crippen LogP contribution in [-0.2, 0) is 9.53 Å². The minimum absolute atomic E-state index is 0.380. The minimum Gasteiger partial charge on any atom is -0.424 e. The lowest BCUT2D eigenvalue weighted by molar-refractivity contribution is -0.132. The van der Waals surface area contributed by atoms with Crippen molar-refractivity contribution in [2.75, 3.05) is 5.75 Å². The van der Waals surface area contributed by atoms with Crippen LogP contribution in [0.5, 0.6) is 0 Å². The maximum absolute atomic E-state index is 10.8. The van der Waals surface area contributed by atoms with E-state index in [4.69, 9.17) is 12.6 Å². The van der Waals surface area contributed by atoms with Crippen LogP contribution in [-0.4, -0.2) is 19.6 Å². The first kappa shape index (κ1) is 8.69. The van der Waals surface area contributed by atoms with Gasteiger partial charge in [-0.15, -0.1) is 11.8 Å². The van der Waals surface area contributed by atoms with Crippen molar-refractivity contribution in [3.05, 3.63) is 34.4 Å². The van der Waals surface area contributed by atoms with Crippen molar-refractivity contribution in [2.24, 2.45) is 0 Å². The van der Waals surface area contributed by atoms with Crippen LogP contribution in [0.15, 0.2) is 34.4 Å². The predicted molar refractivity (Wildman–Crippen MR) is 53.2 cm³/mol. The Balaban J connectivity index is 2.17. The fourth-order valence-electron chi connectivity index (χ4n) is 1.18. The summed E-state index contributed by atoms with van der Waals surface area (Å²) in [4.78, 5) is 10.8. The Morgan fingerprint density at radius 3 is 3.00 bits per heavy atom. The lowest BCUT2D eigenvalue weighted by Gasteiger charge is -1.99. The summed E-state index contributed by atoms with van der Waals surface area (Å²) >= 11 is 1.76. The van der Waals surface area contributed by atoms with Gasteiger partial charge in [0.05, 0.1) is 0 Å². The number of carbonyl (C=O) groups is 1. The molecule has 0 saturated carbocycles. The van der Waals surface area contributed by atoms with E-state index in [-0.39, 0.29) is 5.97 Å². The smallest absolute Gasteiger partial charge is 0.335 e. The zero-order valence-electron chi connectivity index (χ0n) is 6.95. The number of cyclic esters (lactones) is 1. The van der Waals surface area contributed by atoms with E-state index < -0.39 is 0 Å². The van der Waals surface area contributed by atoms with Gasteiger partial charge in [-0.1, -0.05) is 0 Å². The number of thioether (sulfide) groups is 1. The van der Waals surface area contributed by atoms with Gasteiger partial charge in [0, 0.05) is 11.8 Å². The molecule has 0 bridgehead atoms. The van der Waals surface area contributed by atoms with Gasteiger partial charge in [0.15, 0.2) is 0 Å². The van der Waals surface area contributed by atoms with Gasteiger partial charge in [-0.05, 0) is 29.0 Å². The highest BCUT2D eigenvalue weighted by Crippen LogP contribution is 2.26. The Bertz CT molecular complexity index is 342. The summed E-state index contributed by atoms with van der Waals surface area (Å²) in [6.07, 6.45) is 4.14. The van der Waals surface area contributed by atoms with Gasteiger partial charge >= 0.3 is 5.97 Å². The minimum atomic E-state index is -0.380. The van der Waals surface area contributed by atoms with Gasteiger partial charge in [0.2, 0.25) is 0 Å². The molecule has 0 N–H and O–H groups in total. The summed E-state index contributed by atoms with van der Waals surface area (Å²) in [5.74, 6) is 1.20. The van der Waals surface area contributed by atoms with E-state index in [0.29, 0.717) is 11.2 Å². The fourth-order valence-corrected chi connectivity index (χ4v) is 2.06. The number of esters is 1. The third kappa shape index (κ3) is 1.88. The Morgan fingerprint density at radius 2 is 2.46 bits per heavy atom. The Labute approximate surface area is 82.1 Å². The van der Waals surface area contributed by atoms with E-state index in [1.807, 2.05) is 6.08 Å². The van der Waals surface area contributed by atoms with Crippen molar-refractivity contribution < 1.29 is 9.53 Å². The number of ether oxygens (including phenoxy) is 1. The second-order valence-electron chi connectivity index (χ2n) is 2.84. The first-order chi connectivity index (χ1) is 6.25. The van der Waals surface area contributed by atoms with Crippen molar-refractivity contribution in [3.63, 3.8) is 0 Å². The average Bonchev–Trinajstić information content (AvgIpc) is 2.63. The van der Waals surface area contributed by atoms with Crippen LogP contribution in [0.1, 0.15) is 6.42 Å². The molecular formula is C9H7BO2S. The molecule has 0 aromatic heterocycles. The van der Waals surface area contributed by atoms with E-state index >= 15 is 0 Å². The first-order valence-corrected chi connectivity index (χ1v) is 5.02. The van der Waals surface area contributed by atoms with E-state index in [1.54, 1.807) is 11.8 Å². The fraction of sp³-hybridized carbons (Fsp3) is 0.222. The van der Waals surface area contributed by atoms with E-state index in [2.05, 4.69) is 5.41 Å². The molecule has 2 aliphatic heterocycles. The van der Waals surface area contributed by atoms with Crippen LogP contribution in [0, 0.1) is 0 Å². The Kier molecular flexibility index (Phi) is 2.31. The molecule has 2 nitrogen and oxygen atoms in total. The van der Waals surface area contributed by atoms with Crippen LogP contribution >= 0.6 is 11.8 Å². The van der Waals surface area contributed by atoms with Gasteiger partial charge in [0.25, 0.3) is 0 Å². The monoisotopic (exact) mass is 190 g/mol.